The van der Waals surface area contributed by atoms with E-state index in [1.54, 1.807) is 0 Å². The maximum absolute atomic E-state index is 6.40. The molecule has 1 heterocycles. The van der Waals surface area contributed by atoms with Crippen molar-refractivity contribution in [2.45, 2.75) is 44.6 Å². The fraction of sp³-hybridized carbons (Fsp3) is 0.647. The molecular weight excluding hydrogens is 305 g/mol. The van der Waals surface area contributed by atoms with Crippen molar-refractivity contribution in [3.05, 3.63) is 28.2 Å². The van der Waals surface area contributed by atoms with Gasteiger partial charge in [-0.2, -0.15) is 0 Å². The minimum absolute atomic E-state index is 0.234. The van der Waals surface area contributed by atoms with Gasteiger partial charge in [0.05, 0.1) is 10.0 Å². The van der Waals surface area contributed by atoms with Gasteiger partial charge in [0.25, 0.3) is 0 Å². The number of hydrogen-bond donors (Lipinski definition) is 1. The van der Waals surface area contributed by atoms with E-state index in [1.807, 2.05) is 18.2 Å². The van der Waals surface area contributed by atoms with Crippen LogP contribution in [0.4, 0.5) is 0 Å². The summed E-state index contributed by atoms with van der Waals surface area (Å²) in [5, 5.41) is 4.70. The van der Waals surface area contributed by atoms with E-state index in [9.17, 15) is 0 Å². The van der Waals surface area contributed by atoms with Crippen molar-refractivity contribution in [2.75, 3.05) is 13.1 Å². The van der Waals surface area contributed by atoms with Gasteiger partial charge >= 0.3 is 0 Å². The lowest BCUT2D eigenvalue weighted by Crippen LogP contribution is -2.37. The van der Waals surface area contributed by atoms with Crippen LogP contribution in [0, 0.1) is 11.8 Å². The molecule has 1 N–H and O–H groups in total. The maximum Gasteiger partial charge on any atom is 0.156 e. The van der Waals surface area contributed by atoms with E-state index in [4.69, 9.17) is 27.9 Å². The van der Waals surface area contributed by atoms with Gasteiger partial charge in [-0.1, -0.05) is 48.5 Å². The number of benzene rings is 1. The molecule has 1 aromatic carbocycles. The summed E-state index contributed by atoms with van der Waals surface area (Å²) in [6.45, 7) is 2.14. The van der Waals surface area contributed by atoms with E-state index in [0.717, 1.165) is 13.1 Å². The van der Waals surface area contributed by atoms with Gasteiger partial charge in [0.2, 0.25) is 0 Å². The molecule has 1 aliphatic heterocycles. The largest absolute Gasteiger partial charge is 0.487 e. The molecule has 1 aromatic rings. The maximum atomic E-state index is 6.40. The third-order valence-electron chi connectivity index (χ3n) is 4.85. The molecule has 2 aliphatic rings. The smallest absolute Gasteiger partial charge is 0.156 e. The van der Waals surface area contributed by atoms with Crippen LogP contribution in [0.25, 0.3) is 0 Å². The highest BCUT2D eigenvalue weighted by molar-refractivity contribution is 6.37. The summed E-state index contributed by atoms with van der Waals surface area (Å²) < 4.78 is 6.40. The zero-order valence-corrected chi connectivity index (χ0v) is 13.8. The first-order valence-electron chi connectivity index (χ1n) is 8.07. The van der Waals surface area contributed by atoms with E-state index >= 15 is 0 Å². The fourth-order valence-corrected chi connectivity index (χ4v) is 4.22. The molecule has 0 bridgehead atoms. The molecule has 116 valence electrons. The predicted octanol–water partition coefficient (Wildman–Crippen LogP) is 4.93. The van der Waals surface area contributed by atoms with Gasteiger partial charge < -0.3 is 10.1 Å². The zero-order valence-electron chi connectivity index (χ0n) is 12.3. The van der Waals surface area contributed by atoms with Crippen molar-refractivity contribution >= 4 is 23.2 Å². The minimum Gasteiger partial charge on any atom is -0.487 e. The SMILES string of the molecule is Clc1cccc(Cl)c1OC(C1CCCCC1)C1CCNC1. The van der Waals surface area contributed by atoms with Crippen molar-refractivity contribution in [3.8, 4) is 5.75 Å². The number of ether oxygens (including phenoxy) is 1. The van der Waals surface area contributed by atoms with Crippen LogP contribution in [0.5, 0.6) is 5.75 Å². The Labute approximate surface area is 137 Å². The molecule has 2 unspecified atom stereocenters. The first-order chi connectivity index (χ1) is 10.3. The van der Waals surface area contributed by atoms with E-state index < -0.39 is 0 Å². The molecule has 1 aliphatic carbocycles. The van der Waals surface area contributed by atoms with Crippen molar-refractivity contribution < 1.29 is 4.74 Å². The molecule has 0 spiro atoms. The van der Waals surface area contributed by atoms with Crippen LogP contribution in [-0.2, 0) is 0 Å². The lowest BCUT2D eigenvalue weighted by molar-refractivity contribution is 0.0623. The third kappa shape index (κ3) is 3.67. The molecule has 1 saturated heterocycles. The Balaban J connectivity index is 1.80. The summed E-state index contributed by atoms with van der Waals surface area (Å²) in [4.78, 5) is 0. The number of nitrogens with one attached hydrogen (secondary N) is 1. The van der Waals surface area contributed by atoms with Crippen LogP contribution in [0.2, 0.25) is 10.0 Å². The Bertz CT molecular complexity index is 448. The molecule has 4 heteroatoms. The van der Waals surface area contributed by atoms with Gasteiger partial charge in [0.15, 0.2) is 5.75 Å². The van der Waals surface area contributed by atoms with Crippen molar-refractivity contribution in [3.63, 3.8) is 0 Å². The van der Waals surface area contributed by atoms with E-state index in [-0.39, 0.29) is 6.10 Å². The molecule has 0 aromatic heterocycles. The molecular formula is C17H23Cl2NO. The van der Waals surface area contributed by atoms with Crippen LogP contribution >= 0.6 is 23.2 Å². The molecule has 21 heavy (non-hydrogen) atoms. The molecule has 0 radical (unpaired) electrons. The Kier molecular flexibility index (Phi) is 5.31. The van der Waals surface area contributed by atoms with Crippen LogP contribution in [0.3, 0.4) is 0 Å². The molecule has 1 saturated carbocycles. The van der Waals surface area contributed by atoms with Crippen molar-refractivity contribution in [1.29, 1.82) is 0 Å². The Morgan fingerprint density at radius 1 is 1.00 bits per heavy atom. The summed E-state index contributed by atoms with van der Waals surface area (Å²) in [5.74, 6) is 1.87. The summed E-state index contributed by atoms with van der Waals surface area (Å²) in [6, 6.07) is 5.57. The summed E-state index contributed by atoms with van der Waals surface area (Å²) in [6.07, 6.45) is 7.95. The van der Waals surface area contributed by atoms with Gasteiger partial charge in [-0.25, -0.2) is 0 Å². The molecule has 0 amide bonds. The van der Waals surface area contributed by atoms with E-state index in [1.165, 1.54) is 38.5 Å². The van der Waals surface area contributed by atoms with Crippen molar-refractivity contribution in [2.24, 2.45) is 11.8 Å². The Hall–Kier alpha value is -0.440. The topological polar surface area (TPSA) is 21.3 Å². The standard InChI is InChI=1S/C17H23Cl2NO/c18-14-7-4-8-15(19)17(14)21-16(13-9-10-20-11-13)12-5-2-1-3-6-12/h4,7-8,12-13,16,20H,1-3,5-6,9-11H2. The Morgan fingerprint density at radius 3 is 2.33 bits per heavy atom. The quantitative estimate of drug-likeness (QED) is 0.846. The average Bonchev–Trinajstić information content (AvgIpc) is 3.02. The van der Waals surface area contributed by atoms with E-state index in [2.05, 4.69) is 5.32 Å². The number of hydrogen-bond acceptors (Lipinski definition) is 2. The van der Waals surface area contributed by atoms with Crippen LogP contribution in [-0.4, -0.2) is 19.2 Å². The van der Waals surface area contributed by atoms with Gasteiger partial charge in [-0.3, -0.25) is 0 Å². The van der Waals surface area contributed by atoms with Crippen molar-refractivity contribution in [1.82, 2.24) is 5.32 Å². The lowest BCUT2D eigenvalue weighted by atomic mass is 9.80. The van der Waals surface area contributed by atoms with Gasteiger partial charge in [0.1, 0.15) is 6.10 Å². The first kappa shape index (κ1) is 15.5. The second-order valence-corrected chi connectivity index (χ2v) is 7.10. The highest BCUT2D eigenvalue weighted by atomic mass is 35.5. The summed E-state index contributed by atoms with van der Waals surface area (Å²) in [7, 11) is 0. The predicted molar refractivity (Wildman–Crippen MR) is 88.4 cm³/mol. The summed E-state index contributed by atoms with van der Waals surface area (Å²) >= 11 is 12.6. The van der Waals surface area contributed by atoms with Crippen LogP contribution in [0.1, 0.15) is 38.5 Å². The normalized spacial score (nSPS) is 25.0. The molecule has 2 nitrogen and oxygen atoms in total. The second kappa shape index (κ2) is 7.21. The highest BCUT2D eigenvalue weighted by Gasteiger charge is 2.34. The average molecular weight is 328 g/mol. The first-order valence-corrected chi connectivity index (χ1v) is 8.82. The van der Waals surface area contributed by atoms with Gasteiger partial charge in [0, 0.05) is 12.5 Å². The second-order valence-electron chi connectivity index (χ2n) is 6.28. The zero-order chi connectivity index (χ0) is 14.7. The van der Waals surface area contributed by atoms with E-state index in [0.29, 0.717) is 27.6 Å². The summed E-state index contributed by atoms with van der Waals surface area (Å²) in [5.41, 5.74) is 0. The van der Waals surface area contributed by atoms with Gasteiger partial charge in [-0.05, 0) is 43.9 Å². The number of halogens is 2. The molecule has 3 rings (SSSR count). The molecule has 2 fully saturated rings. The molecule has 2 atom stereocenters. The van der Waals surface area contributed by atoms with Crippen LogP contribution < -0.4 is 10.1 Å². The lowest BCUT2D eigenvalue weighted by Gasteiger charge is -2.34. The Morgan fingerprint density at radius 2 is 1.71 bits per heavy atom. The monoisotopic (exact) mass is 327 g/mol. The highest BCUT2D eigenvalue weighted by Crippen LogP contribution is 2.39. The van der Waals surface area contributed by atoms with Crippen LogP contribution in [0.15, 0.2) is 18.2 Å². The number of rotatable bonds is 4. The minimum atomic E-state index is 0.234. The van der Waals surface area contributed by atoms with Gasteiger partial charge in [-0.15, -0.1) is 0 Å². The fourth-order valence-electron chi connectivity index (χ4n) is 3.73. The third-order valence-corrected chi connectivity index (χ3v) is 5.45. The number of para-hydroxylation sites is 1.